The zero-order valence-electron chi connectivity index (χ0n) is 11.0. The van der Waals surface area contributed by atoms with Gasteiger partial charge in [-0.05, 0) is 24.6 Å². The largest absolute Gasteiger partial charge is 0.487 e. The lowest BCUT2D eigenvalue weighted by atomic mass is 10.1. The van der Waals surface area contributed by atoms with E-state index in [1.165, 1.54) is 25.4 Å². The highest BCUT2D eigenvalue weighted by Crippen LogP contribution is 2.14. The van der Waals surface area contributed by atoms with Crippen molar-refractivity contribution in [2.24, 2.45) is 5.73 Å². The van der Waals surface area contributed by atoms with Crippen LogP contribution in [0.1, 0.15) is 33.2 Å². The molecule has 0 unspecified atom stereocenters. The number of nitrogens with two attached hydrogens (primary N) is 1. The average Bonchev–Trinajstić information content (AvgIpc) is 2.45. The Bertz CT molecular complexity index is 596. The summed E-state index contributed by atoms with van der Waals surface area (Å²) in [5.74, 6) is -0.0969. The van der Waals surface area contributed by atoms with Crippen LogP contribution in [0.15, 0.2) is 42.7 Å². The molecule has 0 aliphatic heterocycles. The Hall–Kier alpha value is -2.69. The minimum atomic E-state index is -0.554. The molecule has 0 aliphatic carbocycles. The van der Waals surface area contributed by atoms with Crippen LogP contribution in [0.25, 0.3) is 0 Å². The van der Waals surface area contributed by atoms with Gasteiger partial charge in [0.15, 0.2) is 5.78 Å². The minimum Gasteiger partial charge on any atom is -0.487 e. The molecule has 2 aromatic rings. The van der Waals surface area contributed by atoms with Crippen molar-refractivity contribution in [1.29, 1.82) is 0 Å². The van der Waals surface area contributed by atoms with E-state index in [0.29, 0.717) is 16.9 Å². The van der Waals surface area contributed by atoms with Gasteiger partial charge in [0.2, 0.25) is 5.91 Å². The molecule has 5 nitrogen and oxygen atoms in total. The van der Waals surface area contributed by atoms with Crippen LogP contribution in [0.3, 0.4) is 0 Å². The number of ether oxygens (including phenoxy) is 1. The highest BCUT2D eigenvalue weighted by Gasteiger charge is 2.04. The number of nitrogens with zero attached hydrogens (tertiary/aromatic N) is 1. The van der Waals surface area contributed by atoms with Crippen LogP contribution in [0.2, 0.25) is 0 Å². The maximum absolute atomic E-state index is 11.3. The molecule has 0 aliphatic rings. The third kappa shape index (κ3) is 3.41. The third-order valence-corrected chi connectivity index (χ3v) is 2.74. The second kappa shape index (κ2) is 5.97. The number of primary amides is 1. The molecule has 5 heteroatoms. The molecule has 0 saturated carbocycles. The maximum atomic E-state index is 11.3. The predicted molar refractivity (Wildman–Crippen MR) is 73.5 cm³/mol. The molecule has 0 radical (unpaired) electrons. The van der Waals surface area contributed by atoms with E-state index in [1.54, 1.807) is 18.2 Å². The van der Waals surface area contributed by atoms with Crippen molar-refractivity contribution < 1.29 is 14.3 Å². The number of pyridine rings is 1. The first-order valence-electron chi connectivity index (χ1n) is 6.04. The maximum Gasteiger partial charge on any atom is 0.250 e. The van der Waals surface area contributed by atoms with Gasteiger partial charge in [-0.3, -0.25) is 14.6 Å². The number of hydrogen-bond donors (Lipinski definition) is 1. The van der Waals surface area contributed by atoms with Crippen LogP contribution in [-0.2, 0) is 6.61 Å². The van der Waals surface area contributed by atoms with Gasteiger partial charge >= 0.3 is 0 Å². The summed E-state index contributed by atoms with van der Waals surface area (Å²) in [5.41, 5.74) is 6.96. The van der Waals surface area contributed by atoms with Crippen LogP contribution in [0.4, 0.5) is 0 Å². The Morgan fingerprint density at radius 2 is 2.00 bits per heavy atom. The van der Waals surface area contributed by atoms with Gasteiger partial charge in [0.1, 0.15) is 12.4 Å². The highest BCUT2D eigenvalue weighted by atomic mass is 16.5. The first-order valence-corrected chi connectivity index (χ1v) is 6.04. The first kappa shape index (κ1) is 13.7. The molecule has 1 amide bonds. The van der Waals surface area contributed by atoms with Crippen molar-refractivity contribution in [3.8, 4) is 5.75 Å². The van der Waals surface area contributed by atoms with Gasteiger partial charge in [-0.1, -0.05) is 18.2 Å². The topological polar surface area (TPSA) is 82.3 Å². The molecule has 1 aromatic carbocycles. The van der Waals surface area contributed by atoms with Crippen molar-refractivity contribution in [3.63, 3.8) is 0 Å². The van der Waals surface area contributed by atoms with E-state index in [1.807, 2.05) is 6.07 Å². The summed E-state index contributed by atoms with van der Waals surface area (Å²) in [6.07, 6.45) is 2.88. The fourth-order valence-corrected chi connectivity index (χ4v) is 1.68. The van der Waals surface area contributed by atoms with Crippen LogP contribution in [-0.4, -0.2) is 16.7 Å². The molecule has 0 atom stereocenters. The SMILES string of the molecule is CC(=O)c1cccc(COc2cncc(C(N)=O)c2)c1. The van der Waals surface area contributed by atoms with Crippen molar-refractivity contribution in [3.05, 3.63) is 59.4 Å². The molecule has 0 fully saturated rings. The van der Waals surface area contributed by atoms with E-state index in [-0.39, 0.29) is 12.4 Å². The molecule has 0 saturated heterocycles. The van der Waals surface area contributed by atoms with Crippen molar-refractivity contribution in [2.75, 3.05) is 0 Å². The molecule has 1 aromatic heterocycles. The van der Waals surface area contributed by atoms with Crippen molar-refractivity contribution >= 4 is 11.7 Å². The molecule has 102 valence electrons. The minimum absolute atomic E-state index is 0.00393. The van der Waals surface area contributed by atoms with E-state index in [2.05, 4.69) is 4.98 Å². The van der Waals surface area contributed by atoms with Crippen molar-refractivity contribution in [2.45, 2.75) is 13.5 Å². The lowest BCUT2D eigenvalue weighted by Crippen LogP contribution is -2.11. The van der Waals surface area contributed by atoms with Gasteiger partial charge in [0, 0.05) is 11.8 Å². The molecule has 2 N–H and O–H groups in total. The van der Waals surface area contributed by atoms with E-state index >= 15 is 0 Å². The molecule has 1 heterocycles. The number of Topliss-reactive ketones (excluding diaryl/α,β-unsaturated/α-hetero) is 1. The summed E-state index contributed by atoms with van der Waals surface area (Å²) in [4.78, 5) is 26.2. The van der Waals surface area contributed by atoms with Gasteiger partial charge in [-0.15, -0.1) is 0 Å². The Morgan fingerprint density at radius 3 is 2.70 bits per heavy atom. The predicted octanol–water partition coefficient (Wildman–Crippen LogP) is 1.96. The van der Waals surface area contributed by atoms with Gasteiger partial charge in [0.05, 0.1) is 11.8 Å². The number of amides is 1. The number of carbonyl (C=O) groups is 2. The third-order valence-electron chi connectivity index (χ3n) is 2.74. The summed E-state index contributed by atoms with van der Waals surface area (Å²) in [7, 11) is 0. The summed E-state index contributed by atoms with van der Waals surface area (Å²) in [6, 6.07) is 8.71. The second-order valence-electron chi connectivity index (χ2n) is 4.32. The quantitative estimate of drug-likeness (QED) is 0.842. The van der Waals surface area contributed by atoms with Crippen LogP contribution >= 0.6 is 0 Å². The lowest BCUT2D eigenvalue weighted by Gasteiger charge is -2.07. The fourth-order valence-electron chi connectivity index (χ4n) is 1.68. The number of ketones is 1. The van der Waals surface area contributed by atoms with E-state index in [4.69, 9.17) is 10.5 Å². The number of carbonyl (C=O) groups excluding carboxylic acids is 2. The smallest absolute Gasteiger partial charge is 0.250 e. The Kier molecular flexibility index (Phi) is 4.10. The van der Waals surface area contributed by atoms with Gasteiger partial charge < -0.3 is 10.5 Å². The van der Waals surface area contributed by atoms with E-state index in [0.717, 1.165) is 5.56 Å². The molecular weight excluding hydrogens is 256 g/mol. The zero-order valence-corrected chi connectivity index (χ0v) is 11.0. The standard InChI is InChI=1S/C15H14N2O3/c1-10(18)12-4-2-3-11(5-12)9-20-14-6-13(15(16)19)7-17-8-14/h2-8H,9H2,1H3,(H2,16,19). The molecule has 0 spiro atoms. The summed E-state index contributed by atoms with van der Waals surface area (Å²) >= 11 is 0. The van der Waals surface area contributed by atoms with Gasteiger partial charge in [-0.25, -0.2) is 0 Å². The summed E-state index contributed by atoms with van der Waals surface area (Å²) in [5, 5.41) is 0. The summed E-state index contributed by atoms with van der Waals surface area (Å²) in [6.45, 7) is 1.80. The highest BCUT2D eigenvalue weighted by molar-refractivity contribution is 5.94. The Morgan fingerprint density at radius 1 is 1.20 bits per heavy atom. The van der Waals surface area contributed by atoms with Crippen LogP contribution < -0.4 is 10.5 Å². The molecular formula is C15H14N2O3. The van der Waals surface area contributed by atoms with Gasteiger partial charge in [0.25, 0.3) is 0 Å². The lowest BCUT2D eigenvalue weighted by molar-refractivity contribution is 0.0995. The normalized spacial score (nSPS) is 10.1. The number of hydrogen-bond acceptors (Lipinski definition) is 4. The van der Waals surface area contributed by atoms with Crippen molar-refractivity contribution in [1.82, 2.24) is 4.98 Å². The zero-order chi connectivity index (χ0) is 14.5. The molecule has 0 bridgehead atoms. The number of aromatic nitrogens is 1. The van der Waals surface area contributed by atoms with Crippen LogP contribution in [0.5, 0.6) is 5.75 Å². The monoisotopic (exact) mass is 270 g/mol. The second-order valence-corrected chi connectivity index (χ2v) is 4.32. The number of benzene rings is 1. The molecule has 2 rings (SSSR count). The molecule has 20 heavy (non-hydrogen) atoms. The Balaban J connectivity index is 2.08. The number of rotatable bonds is 5. The van der Waals surface area contributed by atoms with Crippen LogP contribution in [0, 0.1) is 0 Å². The Labute approximate surface area is 116 Å². The fraction of sp³-hybridized carbons (Fsp3) is 0.133. The van der Waals surface area contributed by atoms with E-state index < -0.39 is 5.91 Å². The van der Waals surface area contributed by atoms with Gasteiger partial charge in [-0.2, -0.15) is 0 Å². The van der Waals surface area contributed by atoms with E-state index in [9.17, 15) is 9.59 Å². The first-order chi connectivity index (χ1) is 9.56. The summed E-state index contributed by atoms with van der Waals surface area (Å²) < 4.78 is 5.54. The average molecular weight is 270 g/mol.